The number of carbonyl (C=O) groups is 2. The van der Waals surface area contributed by atoms with Gasteiger partial charge in [0.1, 0.15) is 6.04 Å². The van der Waals surface area contributed by atoms with Gasteiger partial charge in [-0.25, -0.2) is 0 Å². The predicted molar refractivity (Wildman–Crippen MR) is 34.1 cm³/mol. The molecule has 3 N–H and O–H groups in total. The molecule has 0 aromatic rings. The zero-order chi connectivity index (χ0) is 8.69. The third-order valence-corrected chi connectivity index (χ3v) is 1.01. The maximum Gasteiger partial charge on any atom is 0.323 e. The van der Waals surface area contributed by atoms with Gasteiger partial charge < -0.3 is 14.9 Å². The minimum atomic E-state index is -0.845. The van der Waals surface area contributed by atoms with E-state index < -0.39 is 12.0 Å². The highest BCUT2D eigenvalue weighted by Gasteiger charge is 2.20. The Balaban J connectivity index is 0.000000292. The Bertz CT molecular complexity index is 131. The summed E-state index contributed by atoms with van der Waals surface area (Å²) < 4.78 is 4.73. The summed E-state index contributed by atoms with van der Waals surface area (Å²) >= 11 is 0. The lowest BCUT2D eigenvalue weighted by Gasteiger charge is -1.96. The number of rotatable bonds is 1. The van der Waals surface area contributed by atoms with Crippen molar-refractivity contribution in [2.24, 2.45) is 0 Å². The molecule has 64 valence electrons. The maximum atomic E-state index is 10.1. The molecule has 0 saturated carbocycles. The monoisotopic (exact) mass is 163 g/mol. The van der Waals surface area contributed by atoms with E-state index in [-0.39, 0.29) is 13.1 Å². The Kier molecular flexibility index (Phi) is 5.05. The van der Waals surface area contributed by atoms with Crippen LogP contribution in [0.3, 0.4) is 0 Å². The summed E-state index contributed by atoms with van der Waals surface area (Å²) in [6.07, 6.45) is 0. The second-order valence-electron chi connectivity index (χ2n) is 1.72. The van der Waals surface area contributed by atoms with E-state index in [9.17, 15) is 4.79 Å². The highest BCUT2D eigenvalue weighted by molar-refractivity contribution is 5.73. The first-order valence-electron chi connectivity index (χ1n) is 2.84. The van der Waals surface area contributed by atoms with Gasteiger partial charge in [0.05, 0.1) is 13.3 Å². The lowest BCUT2D eigenvalue weighted by molar-refractivity contribution is -0.139. The van der Waals surface area contributed by atoms with Crippen LogP contribution in [0.4, 0.5) is 0 Å². The van der Waals surface area contributed by atoms with E-state index >= 15 is 0 Å². The lowest BCUT2D eigenvalue weighted by atomic mass is 10.3. The van der Waals surface area contributed by atoms with Gasteiger partial charge in [-0.1, -0.05) is 0 Å². The fourth-order valence-corrected chi connectivity index (χ4v) is 0.554. The molecule has 0 bridgehead atoms. The van der Waals surface area contributed by atoms with Crippen LogP contribution in [0.5, 0.6) is 0 Å². The van der Waals surface area contributed by atoms with Gasteiger partial charge in [-0.05, 0) is 0 Å². The van der Waals surface area contributed by atoms with Gasteiger partial charge in [-0.2, -0.15) is 0 Å². The molecule has 1 rings (SSSR count). The van der Waals surface area contributed by atoms with Crippen LogP contribution in [-0.2, 0) is 14.3 Å². The standard InChI is InChI=1S/C4H7NO3.CH2O2/c6-4(7)3-1-8-2-5-3;2-1-3/h3,5H,1-2H2,(H,6,7);1H,(H,2,3). The van der Waals surface area contributed by atoms with E-state index in [0.29, 0.717) is 6.73 Å². The Morgan fingerprint density at radius 1 is 1.73 bits per heavy atom. The Morgan fingerprint density at radius 3 is 2.45 bits per heavy atom. The molecule has 0 aromatic heterocycles. The van der Waals surface area contributed by atoms with Crippen molar-refractivity contribution < 1.29 is 24.5 Å². The van der Waals surface area contributed by atoms with Crippen LogP contribution in [-0.4, -0.2) is 42.0 Å². The molecule has 6 heteroatoms. The Labute approximate surface area is 62.8 Å². The number of nitrogens with one attached hydrogen (secondary N) is 1. The van der Waals surface area contributed by atoms with Gasteiger partial charge in [0.15, 0.2) is 0 Å². The van der Waals surface area contributed by atoms with Gasteiger partial charge in [0.25, 0.3) is 6.47 Å². The number of carboxylic acids is 1. The zero-order valence-electron chi connectivity index (χ0n) is 5.69. The molecule has 0 spiro atoms. The lowest BCUT2D eigenvalue weighted by Crippen LogP contribution is -2.32. The van der Waals surface area contributed by atoms with Crippen LogP contribution in [0.15, 0.2) is 0 Å². The van der Waals surface area contributed by atoms with Gasteiger partial charge in [0, 0.05) is 0 Å². The topological polar surface area (TPSA) is 95.9 Å². The van der Waals surface area contributed by atoms with Gasteiger partial charge >= 0.3 is 5.97 Å². The summed E-state index contributed by atoms with van der Waals surface area (Å²) in [5.41, 5.74) is 0. The molecule has 11 heavy (non-hydrogen) atoms. The van der Waals surface area contributed by atoms with Gasteiger partial charge in [0.2, 0.25) is 0 Å². The van der Waals surface area contributed by atoms with Gasteiger partial charge in [-0.3, -0.25) is 14.9 Å². The normalized spacial score (nSPS) is 21.6. The fraction of sp³-hybridized carbons (Fsp3) is 0.600. The summed E-state index contributed by atoms with van der Waals surface area (Å²) in [5, 5.41) is 17.8. The van der Waals surface area contributed by atoms with E-state index in [1.807, 2.05) is 0 Å². The molecular formula is C5H9NO5. The fourth-order valence-electron chi connectivity index (χ4n) is 0.554. The minimum Gasteiger partial charge on any atom is -0.483 e. The minimum absolute atomic E-state index is 0.250. The Morgan fingerprint density at radius 2 is 2.27 bits per heavy atom. The van der Waals surface area contributed by atoms with Crippen LogP contribution >= 0.6 is 0 Å². The molecule has 0 radical (unpaired) electrons. The molecule has 1 heterocycles. The highest BCUT2D eigenvalue weighted by Crippen LogP contribution is 1.92. The molecule has 6 nitrogen and oxygen atoms in total. The van der Waals surface area contributed by atoms with Crippen molar-refractivity contribution in [3.05, 3.63) is 0 Å². The number of ether oxygens (including phenoxy) is 1. The van der Waals surface area contributed by atoms with E-state index in [4.69, 9.17) is 19.7 Å². The zero-order valence-corrected chi connectivity index (χ0v) is 5.69. The average Bonchev–Trinajstić information content (AvgIpc) is 2.38. The summed E-state index contributed by atoms with van der Waals surface area (Å²) in [5.74, 6) is -0.845. The van der Waals surface area contributed by atoms with Crippen molar-refractivity contribution >= 4 is 12.4 Å². The van der Waals surface area contributed by atoms with Crippen LogP contribution in [0.25, 0.3) is 0 Å². The summed E-state index contributed by atoms with van der Waals surface area (Å²) in [6.45, 7) is 0.395. The van der Waals surface area contributed by atoms with Crippen molar-refractivity contribution in [3.63, 3.8) is 0 Å². The highest BCUT2D eigenvalue weighted by atomic mass is 16.5. The second kappa shape index (κ2) is 5.63. The predicted octanol–water partition coefficient (Wildman–Crippen LogP) is -1.28. The molecular weight excluding hydrogens is 154 g/mol. The number of hydrogen-bond acceptors (Lipinski definition) is 4. The van der Waals surface area contributed by atoms with E-state index in [1.54, 1.807) is 0 Å². The third-order valence-electron chi connectivity index (χ3n) is 1.01. The number of carboxylic acid groups (broad SMARTS) is 2. The van der Waals surface area contributed by atoms with Crippen LogP contribution in [0.2, 0.25) is 0 Å². The van der Waals surface area contributed by atoms with Gasteiger partial charge in [-0.15, -0.1) is 0 Å². The van der Waals surface area contributed by atoms with E-state index in [0.717, 1.165) is 0 Å². The average molecular weight is 163 g/mol. The number of hydrogen-bond donors (Lipinski definition) is 3. The molecule has 1 unspecified atom stereocenters. The second-order valence-corrected chi connectivity index (χ2v) is 1.72. The summed E-state index contributed by atoms with van der Waals surface area (Å²) in [7, 11) is 0. The SMILES string of the molecule is O=C(O)C1COCN1.O=CO. The molecule has 1 saturated heterocycles. The molecule has 1 fully saturated rings. The van der Waals surface area contributed by atoms with Crippen LogP contribution < -0.4 is 5.32 Å². The largest absolute Gasteiger partial charge is 0.483 e. The van der Waals surface area contributed by atoms with E-state index in [2.05, 4.69) is 5.32 Å². The molecule has 0 aliphatic carbocycles. The molecule has 1 atom stereocenters. The molecule has 1 aliphatic heterocycles. The van der Waals surface area contributed by atoms with Crippen molar-refractivity contribution in [3.8, 4) is 0 Å². The quantitative estimate of drug-likeness (QED) is 0.416. The van der Waals surface area contributed by atoms with Crippen molar-refractivity contribution in [2.75, 3.05) is 13.3 Å². The first kappa shape index (κ1) is 9.86. The van der Waals surface area contributed by atoms with Crippen molar-refractivity contribution in [1.29, 1.82) is 0 Å². The molecule has 0 aromatic carbocycles. The smallest absolute Gasteiger partial charge is 0.323 e. The van der Waals surface area contributed by atoms with Crippen LogP contribution in [0, 0.1) is 0 Å². The molecule has 1 aliphatic rings. The van der Waals surface area contributed by atoms with E-state index in [1.165, 1.54) is 0 Å². The van der Waals surface area contributed by atoms with Crippen LogP contribution in [0.1, 0.15) is 0 Å². The Hall–Kier alpha value is -1.14. The number of aliphatic carboxylic acids is 1. The maximum absolute atomic E-state index is 10.1. The first-order chi connectivity index (χ1) is 5.22. The first-order valence-corrected chi connectivity index (χ1v) is 2.84. The summed E-state index contributed by atoms with van der Waals surface area (Å²) in [4.78, 5) is 18.4. The summed E-state index contributed by atoms with van der Waals surface area (Å²) in [6, 6.07) is -0.491. The third kappa shape index (κ3) is 4.29. The van der Waals surface area contributed by atoms with Crippen molar-refractivity contribution in [2.45, 2.75) is 6.04 Å². The molecule has 0 amide bonds. The van der Waals surface area contributed by atoms with Crippen molar-refractivity contribution in [1.82, 2.24) is 5.32 Å².